The minimum absolute atomic E-state index is 0.00102. The summed E-state index contributed by atoms with van der Waals surface area (Å²) in [6, 6.07) is 3.22. The predicted molar refractivity (Wildman–Crippen MR) is 92.3 cm³/mol. The number of nitrogens with one attached hydrogen (secondary N) is 1. The maximum Gasteiger partial charge on any atom is 0.433 e. The van der Waals surface area contributed by atoms with E-state index in [0.717, 1.165) is 12.4 Å². The van der Waals surface area contributed by atoms with E-state index in [1.54, 1.807) is 0 Å². The zero-order valence-electron chi connectivity index (χ0n) is 14.6. The minimum atomic E-state index is -4.65. The van der Waals surface area contributed by atoms with Crippen molar-refractivity contribution in [3.05, 3.63) is 42.1 Å². The summed E-state index contributed by atoms with van der Waals surface area (Å²) >= 11 is 0. The van der Waals surface area contributed by atoms with Gasteiger partial charge >= 0.3 is 6.18 Å². The maximum atomic E-state index is 12.9. The summed E-state index contributed by atoms with van der Waals surface area (Å²) in [6.45, 7) is 1.44. The van der Waals surface area contributed by atoms with Gasteiger partial charge in [0, 0.05) is 19.3 Å². The average Bonchev–Trinajstić information content (AvgIpc) is 3.09. The number of pyridine rings is 1. The molecule has 8 nitrogen and oxygen atoms in total. The Bertz CT molecular complexity index is 1170. The van der Waals surface area contributed by atoms with E-state index in [9.17, 15) is 26.4 Å². The summed E-state index contributed by atoms with van der Waals surface area (Å²) in [5.41, 5.74) is -1.41. The van der Waals surface area contributed by atoms with Crippen molar-refractivity contribution in [2.75, 3.05) is 12.8 Å². The van der Waals surface area contributed by atoms with Crippen LogP contribution in [-0.4, -0.2) is 46.5 Å². The largest absolute Gasteiger partial charge is 0.433 e. The fraction of sp³-hybridized carbons (Fsp3) is 0.250. The van der Waals surface area contributed by atoms with Gasteiger partial charge in [-0.2, -0.15) is 13.2 Å². The van der Waals surface area contributed by atoms with E-state index >= 15 is 0 Å². The molecule has 3 aromatic heterocycles. The Kier molecular flexibility index (Phi) is 4.83. The number of hydrogen-bond donors (Lipinski definition) is 1. The van der Waals surface area contributed by atoms with E-state index < -0.39 is 27.6 Å². The highest BCUT2D eigenvalue weighted by Gasteiger charge is 2.33. The molecule has 0 unspecified atom stereocenters. The number of imidazole rings is 1. The lowest BCUT2D eigenvalue weighted by Crippen LogP contribution is -2.20. The second-order valence-electron chi connectivity index (χ2n) is 5.69. The molecule has 3 aromatic rings. The number of nitrogens with zero attached hydrogens (tertiary/aromatic N) is 4. The molecule has 0 saturated heterocycles. The zero-order valence-corrected chi connectivity index (χ0v) is 15.5. The summed E-state index contributed by atoms with van der Waals surface area (Å²) in [6.07, 6.45) is -2.43. The predicted octanol–water partition coefficient (Wildman–Crippen LogP) is 1.96. The number of fused-ring (bicyclic) bond motifs is 1. The zero-order chi connectivity index (χ0) is 20.7. The number of carbonyl (C=O) groups is 1. The highest BCUT2D eigenvalue weighted by molar-refractivity contribution is 7.91. The summed E-state index contributed by atoms with van der Waals surface area (Å²) in [5.74, 6) is -0.778. The van der Waals surface area contributed by atoms with E-state index in [1.807, 2.05) is 0 Å². The van der Waals surface area contributed by atoms with Gasteiger partial charge in [0.2, 0.25) is 0 Å². The lowest BCUT2D eigenvalue weighted by atomic mass is 10.2. The molecule has 28 heavy (non-hydrogen) atoms. The summed E-state index contributed by atoms with van der Waals surface area (Å²) in [4.78, 5) is 23.2. The van der Waals surface area contributed by atoms with E-state index in [1.165, 1.54) is 36.7 Å². The highest BCUT2D eigenvalue weighted by atomic mass is 32.2. The standard InChI is InChI=1S/C16H14F3N5O3S/c1-3-28(26,27)11-5-4-9(15(25)20-2)23-14(11)10-7-24-8-21-12(16(17,18)19)6-13(24)22-10/h4-8H,3H2,1-2H3,(H,20,25). The summed E-state index contributed by atoms with van der Waals surface area (Å²) in [7, 11) is -2.35. The average molecular weight is 413 g/mol. The number of carbonyl (C=O) groups excluding carboxylic acids is 1. The normalized spacial score (nSPS) is 12.3. The van der Waals surface area contributed by atoms with Crippen LogP contribution in [0.3, 0.4) is 0 Å². The first kappa shape index (κ1) is 19.7. The molecule has 0 fully saturated rings. The van der Waals surface area contributed by atoms with Gasteiger partial charge in [-0.3, -0.25) is 9.20 Å². The number of rotatable bonds is 4. The lowest BCUT2D eigenvalue weighted by molar-refractivity contribution is -0.141. The third-order valence-electron chi connectivity index (χ3n) is 3.91. The van der Waals surface area contributed by atoms with Gasteiger partial charge < -0.3 is 5.32 Å². The lowest BCUT2D eigenvalue weighted by Gasteiger charge is -2.08. The van der Waals surface area contributed by atoms with E-state index in [4.69, 9.17) is 0 Å². The molecule has 0 saturated carbocycles. The molecular weight excluding hydrogens is 399 g/mol. The SMILES string of the molecule is CCS(=O)(=O)c1ccc(C(=O)NC)nc1-c1cn2cnc(C(F)(F)F)cc2n1. The quantitative estimate of drug-likeness (QED) is 0.701. The molecule has 0 spiro atoms. The molecule has 3 heterocycles. The smallest absolute Gasteiger partial charge is 0.354 e. The summed E-state index contributed by atoms with van der Waals surface area (Å²) in [5, 5.41) is 2.37. The van der Waals surface area contributed by atoms with Crippen molar-refractivity contribution < 1.29 is 26.4 Å². The molecule has 0 aliphatic carbocycles. The van der Waals surface area contributed by atoms with E-state index in [0.29, 0.717) is 0 Å². The van der Waals surface area contributed by atoms with Gasteiger partial charge in [-0.1, -0.05) is 6.92 Å². The van der Waals surface area contributed by atoms with Crippen LogP contribution in [0, 0.1) is 0 Å². The van der Waals surface area contributed by atoms with Gasteiger partial charge in [-0.05, 0) is 12.1 Å². The van der Waals surface area contributed by atoms with Gasteiger partial charge in [0.15, 0.2) is 9.84 Å². The van der Waals surface area contributed by atoms with E-state index in [2.05, 4.69) is 20.3 Å². The molecule has 0 bridgehead atoms. The Labute approximate surface area is 157 Å². The van der Waals surface area contributed by atoms with Crippen molar-refractivity contribution in [1.82, 2.24) is 24.7 Å². The number of alkyl halides is 3. The van der Waals surface area contributed by atoms with Crippen LogP contribution in [0.25, 0.3) is 17.0 Å². The first-order valence-corrected chi connectivity index (χ1v) is 9.60. The molecule has 0 aliphatic heterocycles. The second-order valence-corrected chi connectivity index (χ2v) is 7.94. The van der Waals surface area contributed by atoms with Crippen LogP contribution in [0.1, 0.15) is 23.1 Å². The topological polar surface area (TPSA) is 106 Å². The Balaban J connectivity index is 2.24. The van der Waals surface area contributed by atoms with Crippen molar-refractivity contribution in [2.45, 2.75) is 18.0 Å². The van der Waals surface area contributed by atoms with E-state index in [-0.39, 0.29) is 33.4 Å². The Hall–Kier alpha value is -3.02. The molecule has 1 amide bonds. The minimum Gasteiger partial charge on any atom is -0.354 e. The van der Waals surface area contributed by atoms with Gasteiger partial charge in [-0.25, -0.2) is 23.4 Å². The van der Waals surface area contributed by atoms with Gasteiger partial charge in [0.1, 0.15) is 34.8 Å². The number of sulfone groups is 1. The van der Waals surface area contributed by atoms with Gasteiger partial charge in [-0.15, -0.1) is 0 Å². The number of hydrogen-bond acceptors (Lipinski definition) is 6. The van der Waals surface area contributed by atoms with Crippen molar-refractivity contribution in [2.24, 2.45) is 0 Å². The van der Waals surface area contributed by atoms with Crippen LogP contribution in [0.15, 0.2) is 35.6 Å². The fourth-order valence-electron chi connectivity index (χ4n) is 2.45. The fourth-order valence-corrected chi connectivity index (χ4v) is 3.48. The summed E-state index contributed by atoms with van der Waals surface area (Å²) < 4.78 is 64.6. The van der Waals surface area contributed by atoms with Crippen molar-refractivity contribution in [1.29, 1.82) is 0 Å². The van der Waals surface area contributed by atoms with Crippen LogP contribution in [0.2, 0.25) is 0 Å². The van der Waals surface area contributed by atoms with Crippen LogP contribution in [0.5, 0.6) is 0 Å². The highest BCUT2D eigenvalue weighted by Crippen LogP contribution is 2.30. The molecule has 0 atom stereocenters. The Morgan fingerprint density at radius 1 is 1.25 bits per heavy atom. The number of halogens is 3. The van der Waals surface area contributed by atoms with Crippen molar-refractivity contribution >= 4 is 21.4 Å². The van der Waals surface area contributed by atoms with Crippen LogP contribution < -0.4 is 5.32 Å². The monoisotopic (exact) mass is 413 g/mol. The van der Waals surface area contributed by atoms with Gasteiger partial charge in [0.05, 0.1) is 10.6 Å². The van der Waals surface area contributed by atoms with Gasteiger partial charge in [0.25, 0.3) is 5.91 Å². The maximum absolute atomic E-state index is 12.9. The van der Waals surface area contributed by atoms with Crippen molar-refractivity contribution in [3.63, 3.8) is 0 Å². The van der Waals surface area contributed by atoms with Crippen LogP contribution in [0.4, 0.5) is 13.2 Å². The van der Waals surface area contributed by atoms with Crippen LogP contribution in [-0.2, 0) is 16.0 Å². The Morgan fingerprint density at radius 3 is 2.57 bits per heavy atom. The third-order valence-corrected chi connectivity index (χ3v) is 5.67. The molecule has 0 radical (unpaired) electrons. The van der Waals surface area contributed by atoms with Crippen molar-refractivity contribution in [3.8, 4) is 11.4 Å². The molecule has 0 aromatic carbocycles. The van der Waals surface area contributed by atoms with Crippen LogP contribution >= 0.6 is 0 Å². The first-order chi connectivity index (χ1) is 13.1. The molecule has 0 aliphatic rings. The Morgan fingerprint density at radius 2 is 1.96 bits per heavy atom. The second kappa shape index (κ2) is 6.86. The molecule has 148 valence electrons. The number of amides is 1. The number of aromatic nitrogens is 4. The molecule has 12 heteroatoms. The molecule has 1 N–H and O–H groups in total. The molecule has 3 rings (SSSR count). The third kappa shape index (κ3) is 3.54. The first-order valence-electron chi connectivity index (χ1n) is 7.95. The molecular formula is C16H14F3N5O3S.